The van der Waals surface area contributed by atoms with E-state index in [0.717, 1.165) is 5.39 Å². The molecule has 1 aromatic carbocycles. The van der Waals surface area contributed by atoms with Crippen molar-refractivity contribution in [3.63, 3.8) is 0 Å². The number of nitrogens with zero attached hydrogens (tertiary/aromatic N) is 1. The summed E-state index contributed by atoms with van der Waals surface area (Å²) >= 11 is 6.06. The Labute approximate surface area is 116 Å². The highest BCUT2D eigenvalue weighted by molar-refractivity contribution is 6.35. The Morgan fingerprint density at radius 2 is 2.11 bits per heavy atom. The fourth-order valence-electron chi connectivity index (χ4n) is 1.65. The number of aromatic nitrogens is 1. The molecule has 19 heavy (non-hydrogen) atoms. The molecule has 0 atom stereocenters. The number of aliphatic hydroxyl groups is 1. The Hall–Kier alpha value is -1.65. The molecule has 2 N–H and O–H groups in total. The maximum Gasteiger partial charge on any atom is 0.270 e. The fraction of sp³-hybridized carbons (Fsp3) is 0.286. The molecule has 0 bridgehead atoms. The van der Waals surface area contributed by atoms with Crippen molar-refractivity contribution in [2.75, 3.05) is 6.61 Å². The van der Waals surface area contributed by atoms with Crippen LogP contribution in [0, 0.1) is 0 Å². The molecule has 1 aromatic heterocycles. The number of hydrogen-bond acceptors (Lipinski definition) is 3. The standard InChI is InChI=1S/C14H15ClN2O2/c1-14(2,8-18)17-13(19)11-7-6-9-4-3-5-10(15)12(9)16-11/h3-7,18H,8H2,1-2H3,(H,17,19). The molecule has 0 aliphatic rings. The number of halogens is 1. The number of hydrogen-bond donors (Lipinski definition) is 2. The van der Waals surface area contributed by atoms with Crippen LogP contribution in [0.2, 0.25) is 5.02 Å². The highest BCUT2D eigenvalue weighted by atomic mass is 35.5. The second-order valence-electron chi connectivity index (χ2n) is 5.00. The first-order valence-electron chi connectivity index (χ1n) is 5.91. The normalized spacial score (nSPS) is 11.6. The number of rotatable bonds is 3. The summed E-state index contributed by atoms with van der Waals surface area (Å²) < 4.78 is 0. The van der Waals surface area contributed by atoms with E-state index in [9.17, 15) is 4.79 Å². The highest BCUT2D eigenvalue weighted by Crippen LogP contribution is 2.21. The van der Waals surface area contributed by atoms with Gasteiger partial charge in [0.15, 0.2) is 0 Å². The van der Waals surface area contributed by atoms with Crippen LogP contribution in [0.25, 0.3) is 10.9 Å². The number of carbonyl (C=O) groups is 1. The fourth-order valence-corrected chi connectivity index (χ4v) is 1.87. The summed E-state index contributed by atoms with van der Waals surface area (Å²) in [6.07, 6.45) is 0. The summed E-state index contributed by atoms with van der Waals surface area (Å²) in [5.41, 5.74) is 0.189. The van der Waals surface area contributed by atoms with Crippen LogP contribution < -0.4 is 5.32 Å². The molecule has 0 saturated heterocycles. The van der Waals surface area contributed by atoms with Crippen LogP contribution in [0.3, 0.4) is 0 Å². The van der Waals surface area contributed by atoms with E-state index in [2.05, 4.69) is 10.3 Å². The van der Waals surface area contributed by atoms with E-state index in [4.69, 9.17) is 16.7 Å². The molecule has 0 fully saturated rings. The molecule has 0 unspecified atom stereocenters. The molecular formula is C14H15ClN2O2. The summed E-state index contributed by atoms with van der Waals surface area (Å²) in [7, 11) is 0. The van der Waals surface area contributed by atoms with Crippen LogP contribution in [0.4, 0.5) is 0 Å². The Morgan fingerprint density at radius 1 is 1.37 bits per heavy atom. The molecule has 1 amide bonds. The van der Waals surface area contributed by atoms with E-state index in [1.54, 1.807) is 32.0 Å². The van der Waals surface area contributed by atoms with Gasteiger partial charge in [-0.3, -0.25) is 4.79 Å². The van der Waals surface area contributed by atoms with Crippen LogP contribution >= 0.6 is 11.6 Å². The van der Waals surface area contributed by atoms with Gasteiger partial charge in [0.1, 0.15) is 5.69 Å². The number of nitrogens with one attached hydrogen (secondary N) is 1. The van der Waals surface area contributed by atoms with Gasteiger partial charge in [-0.1, -0.05) is 29.8 Å². The third-order valence-corrected chi connectivity index (χ3v) is 3.06. The van der Waals surface area contributed by atoms with E-state index in [1.165, 1.54) is 0 Å². The monoisotopic (exact) mass is 278 g/mol. The van der Waals surface area contributed by atoms with E-state index in [1.807, 2.05) is 12.1 Å². The van der Waals surface area contributed by atoms with Crippen molar-refractivity contribution in [3.8, 4) is 0 Å². The smallest absolute Gasteiger partial charge is 0.270 e. The summed E-state index contributed by atoms with van der Waals surface area (Å²) in [6.45, 7) is 3.32. The zero-order valence-corrected chi connectivity index (χ0v) is 11.5. The van der Waals surface area contributed by atoms with Crippen LogP contribution in [0.1, 0.15) is 24.3 Å². The van der Waals surface area contributed by atoms with Gasteiger partial charge < -0.3 is 10.4 Å². The van der Waals surface area contributed by atoms with Crippen molar-refractivity contribution in [2.45, 2.75) is 19.4 Å². The SMILES string of the molecule is CC(C)(CO)NC(=O)c1ccc2cccc(Cl)c2n1. The Balaban J connectivity index is 2.36. The van der Waals surface area contributed by atoms with Gasteiger partial charge in [-0.2, -0.15) is 0 Å². The molecule has 0 aliphatic heterocycles. The van der Waals surface area contributed by atoms with Crippen molar-refractivity contribution >= 4 is 28.4 Å². The van der Waals surface area contributed by atoms with Gasteiger partial charge in [0.2, 0.25) is 0 Å². The van der Waals surface area contributed by atoms with Crippen LogP contribution in [-0.4, -0.2) is 28.1 Å². The molecule has 4 nitrogen and oxygen atoms in total. The largest absolute Gasteiger partial charge is 0.394 e. The summed E-state index contributed by atoms with van der Waals surface area (Å²) in [6, 6.07) is 8.89. The van der Waals surface area contributed by atoms with E-state index < -0.39 is 5.54 Å². The topological polar surface area (TPSA) is 62.2 Å². The van der Waals surface area contributed by atoms with Gasteiger partial charge in [-0.05, 0) is 26.0 Å². The van der Waals surface area contributed by atoms with Gasteiger partial charge >= 0.3 is 0 Å². The molecule has 0 radical (unpaired) electrons. The van der Waals surface area contributed by atoms with Gasteiger partial charge in [0.05, 0.1) is 22.7 Å². The number of amides is 1. The molecular weight excluding hydrogens is 264 g/mol. The zero-order valence-electron chi connectivity index (χ0n) is 10.8. The first-order valence-corrected chi connectivity index (χ1v) is 6.29. The van der Waals surface area contributed by atoms with Gasteiger partial charge in [-0.25, -0.2) is 4.98 Å². The van der Waals surface area contributed by atoms with Crippen LogP contribution in [-0.2, 0) is 0 Å². The minimum Gasteiger partial charge on any atom is -0.394 e. The number of benzene rings is 1. The molecule has 0 spiro atoms. The molecule has 0 aliphatic carbocycles. The minimum absolute atomic E-state index is 0.146. The first kappa shape index (κ1) is 13.8. The number of para-hydroxylation sites is 1. The molecule has 2 rings (SSSR count). The van der Waals surface area contributed by atoms with Gasteiger partial charge in [-0.15, -0.1) is 0 Å². The maximum absolute atomic E-state index is 12.0. The third-order valence-electron chi connectivity index (χ3n) is 2.75. The van der Waals surface area contributed by atoms with Crippen LogP contribution in [0.5, 0.6) is 0 Å². The Morgan fingerprint density at radius 3 is 2.79 bits per heavy atom. The number of carbonyl (C=O) groups excluding carboxylic acids is 1. The van der Waals surface area contributed by atoms with Crippen molar-refractivity contribution < 1.29 is 9.90 Å². The van der Waals surface area contributed by atoms with Gasteiger partial charge in [0, 0.05) is 5.39 Å². The number of pyridine rings is 1. The lowest BCUT2D eigenvalue weighted by molar-refractivity contribution is 0.0864. The first-order chi connectivity index (χ1) is 8.93. The molecule has 0 saturated carbocycles. The van der Waals surface area contributed by atoms with Crippen molar-refractivity contribution in [2.24, 2.45) is 0 Å². The molecule has 5 heteroatoms. The second kappa shape index (κ2) is 5.15. The van der Waals surface area contributed by atoms with Crippen LogP contribution in [0.15, 0.2) is 30.3 Å². The summed E-state index contributed by atoms with van der Waals surface area (Å²) in [5, 5.41) is 13.2. The van der Waals surface area contributed by atoms with E-state index >= 15 is 0 Å². The molecule has 2 aromatic rings. The zero-order chi connectivity index (χ0) is 14.0. The average Bonchev–Trinajstić information content (AvgIpc) is 2.38. The average molecular weight is 279 g/mol. The van der Waals surface area contributed by atoms with E-state index in [0.29, 0.717) is 10.5 Å². The number of aliphatic hydroxyl groups excluding tert-OH is 1. The number of fused-ring (bicyclic) bond motifs is 1. The predicted molar refractivity (Wildman–Crippen MR) is 75.4 cm³/mol. The highest BCUT2D eigenvalue weighted by Gasteiger charge is 2.20. The van der Waals surface area contributed by atoms with Gasteiger partial charge in [0.25, 0.3) is 5.91 Å². The van der Waals surface area contributed by atoms with E-state index in [-0.39, 0.29) is 18.2 Å². The molecule has 100 valence electrons. The van der Waals surface area contributed by atoms with Crippen molar-refractivity contribution in [3.05, 3.63) is 41.0 Å². The van der Waals surface area contributed by atoms with Crippen molar-refractivity contribution in [1.82, 2.24) is 10.3 Å². The third kappa shape index (κ3) is 3.03. The molecule has 1 heterocycles. The lowest BCUT2D eigenvalue weighted by Crippen LogP contribution is -2.46. The predicted octanol–water partition coefficient (Wildman–Crippen LogP) is 2.39. The minimum atomic E-state index is -0.686. The maximum atomic E-state index is 12.0. The lowest BCUT2D eigenvalue weighted by Gasteiger charge is -2.23. The Bertz CT molecular complexity index is 626. The summed E-state index contributed by atoms with van der Waals surface area (Å²) in [4.78, 5) is 16.3. The lowest BCUT2D eigenvalue weighted by atomic mass is 10.1. The summed E-state index contributed by atoms with van der Waals surface area (Å²) in [5.74, 6) is -0.333. The van der Waals surface area contributed by atoms with Crippen molar-refractivity contribution in [1.29, 1.82) is 0 Å². The quantitative estimate of drug-likeness (QED) is 0.906. The second-order valence-corrected chi connectivity index (χ2v) is 5.41. The Kier molecular flexibility index (Phi) is 3.73.